The maximum atomic E-state index is 11.5. The zero-order chi connectivity index (χ0) is 21.2. The molecule has 1 amide bonds. The Bertz CT molecular complexity index is 624. The molecule has 0 aromatic carbocycles. The quantitative estimate of drug-likeness (QED) is 0.224. The zero-order valence-electron chi connectivity index (χ0n) is 15.0. The molecule has 7 N–H and O–H groups in total. The van der Waals surface area contributed by atoms with E-state index in [1.807, 2.05) is 0 Å². The fourth-order valence-electron chi connectivity index (χ4n) is 2.84. The van der Waals surface area contributed by atoms with Gasteiger partial charge in [-0.15, -0.1) is 0 Å². The number of rotatable bonds is 6. The van der Waals surface area contributed by atoms with Gasteiger partial charge in [0, 0.05) is 14.0 Å². The van der Waals surface area contributed by atoms with E-state index in [0.717, 1.165) is 14.0 Å². The number of amides is 1. The van der Waals surface area contributed by atoms with Crippen LogP contribution < -0.4 is 5.32 Å². The van der Waals surface area contributed by atoms with E-state index in [1.54, 1.807) is 0 Å². The van der Waals surface area contributed by atoms with Crippen LogP contribution in [0.3, 0.4) is 0 Å². The molecule has 28 heavy (non-hydrogen) atoms. The summed E-state index contributed by atoms with van der Waals surface area (Å²) >= 11 is 0. The van der Waals surface area contributed by atoms with Crippen molar-refractivity contribution in [3.8, 4) is 0 Å². The molecule has 2 heterocycles. The highest BCUT2D eigenvalue weighted by molar-refractivity contribution is 5.85. The fraction of sp³-hybridized carbons (Fsp3) is 0.733. The van der Waals surface area contributed by atoms with Crippen molar-refractivity contribution in [2.75, 3.05) is 13.7 Å². The Kier molecular flexibility index (Phi) is 7.16. The Morgan fingerprint density at radius 2 is 1.75 bits per heavy atom. The van der Waals surface area contributed by atoms with Crippen LogP contribution in [0.5, 0.6) is 0 Å². The third-order valence-electron chi connectivity index (χ3n) is 4.25. The van der Waals surface area contributed by atoms with Gasteiger partial charge in [-0.3, -0.25) is 4.79 Å². The van der Waals surface area contributed by atoms with Crippen LogP contribution in [0.25, 0.3) is 0 Å². The van der Waals surface area contributed by atoms with Crippen LogP contribution >= 0.6 is 0 Å². The number of hydrogen-bond acceptors (Lipinski definition) is 11. The highest BCUT2D eigenvalue weighted by atomic mass is 16.7. The number of carboxylic acid groups (broad SMARTS) is 1. The number of carbonyl (C=O) groups excluding carboxylic acids is 1. The minimum atomic E-state index is -1.91. The molecule has 8 atom stereocenters. The molecule has 0 aromatic rings. The van der Waals surface area contributed by atoms with Crippen LogP contribution in [0.1, 0.15) is 6.92 Å². The second-order valence-corrected chi connectivity index (χ2v) is 6.21. The minimum Gasteiger partial charge on any atom is -0.475 e. The number of hydrogen-bond donors (Lipinski definition) is 7. The Labute approximate surface area is 158 Å². The molecule has 160 valence electrons. The molecular formula is C15H23NO12. The van der Waals surface area contributed by atoms with Crippen molar-refractivity contribution < 1.29 is 59.2 Å². The van der Waals surface area contributed by atoms with E-state index in [9.17, 15) is 40.2 Å². The second-order valence-electron chi connectivity index (χ2n) is 6.21. The second kappa shape index (κ2) is 9.00. The van der Waals surface area contributed by atoms with Crippen molar-refractivity contribution in [2.24, 2.45) is 0 Å². The lowest BCUT2D eigenvalue weighted by molar-refractivity contribution is -0.273. The molecule has 0 bridgehead atoms. The van der Waals surface area contributed by atoms with Gasteiger partial charge in [-0.25, -0.2) is 4.79 Å². The van der Waals surface area contributed by atoms with E-state index in [0.29, 0.717) is 0 Å². The molecule has 1 saturated heterocycles. The Morgan fingerprint density at radius 3 is 2.25 bits per heavy atom. The smallest absolute Gasteiger partial charge is 0.375 e. The standard InChI is InChI=1S/C15H23NO12/c1-4(18)16-6-8(20)7(19)5(3-17)26-14(6)27-11-9(21)10(22)15(25-2)28-12(11)13(23)24/h5-10,14-15,17,19-22H,3H2,1-2H3,(H,16,18)(H,23,24)/t5-,6-,7+,8-,9-,10-,14+,15-/m1/s1. The molecule has 1 fully saturated rings. The monoisotopic (exact) mass is 409 g/mol. The number of aliphatic hydroxyl groups excluding tert-OH is 5. The predicted octanol–water partition coefficient (Wildman–Crippen LogP) is -4.03. The summed E-state index contributed by atoms with van der Waals surface area (Å²) < 4.78 is 20.4. The van der Waals surface area contributed by atoms with E-state index in [4.69, 9.17) is 18.9 Å². The molecule has 0 aromatic heterocycles. The van der Waals surface area contributed by atoms with Crippen molar-refractivity contribution in [3.63, 3.8) is 0 Å². The van der Waals surface area contributed by atoms with E-state index in [-0.39, 0.29) is 0 Å². The van der Waals surface area contributed by atoms with Gasteiger partial charge in [0.05, 0.1) is 6.61 Å². The van der Waals surface area contributed by atoms with E-state index in [1.165, 1.54) is 0 Å². The van der Waals surface area contributed by atoms with Gasteiger partial charge in [-0.1, -0.05) is 0 Å². The summed E-state index contributed by atoms with van der Waals surface area (Å²) in [6.45, 7) is 0.380. The molecule has 0 unspecified atom stereocenters. The molecule has 0 radical (unpaired) electrons. The van der Waals surface area contributed by atoms with Crippen molar-refractivity contribution in [1.82, 2.24) is 5.32 Å². The molecule has 2 aliphatic heterocycles. The van der Waals surface area contributed by atoms with Crippen molar-refractivity contribution in [3.05, 3.63) is 11.5 Å². The van der Waals surface area contributed by atoms with Crippen LogP contribution in [0, 0.1) is 0 Å². The Balaban J connectivity index is 2.38. The summed E-state index contributed by atoms with van der Waals surface area (Å²) in [4.78, 5) is 22.9. The van der Waals surface area contributed by atoms with Crippen LogP contribution in [-0.2, 0) is 28.5 Å². The lowest BCUT2D eigenvalue weighted by atomic mass is 9.96. The third kappa shape index (κ3) is 4.35. The van der Waals surface area contributed by atoms with Crippen LogP contribution in [0.4, 0.5) is 0 Å². The Hall–Kier alpha value is -2.00. The first-order valence-corrected chi connectivity index (χ1v) is 8.21. The first-order chi connectivity index (χ1) is 13.1. The number of aliphatic hydroxyl groups is 5. The van der Waals surface area contributed by atoms with E-state index < -0.39 is 79.1 Å². The number of methoxy groups -OCH3 is 1. The van der Waals surface area contributed by atoms with Gasteiger partial charge in [0.2, 0.25) is 24.2 Å². The molecule has 0 spiro atoms. The average Bonchev–Trinajstić information content (AvgIpc) is 2.64. The van der Waals surface area contributed by atoms with E-state index >= 15 is 0 Å². The summed E-state index contributed by atoms with van der Waals surface area (Å²) in [5, 5.41) is 61.3. The van der Waals surface area contributed by atoms with Crippen LogP contribution in [0.15, 0.2) is 11.5 Å². The van der Waals surface area contributed by atoms with Gasteiger partial charge in [0.1, 0.15) is 36.6 Å². The largest absolute Gasteiger partial charge is 0.475 e. The number of carbonyl (C=O) groups is 2. The first kappa shape index (κ1) is 22.3. The van der Waals surface area contributed by atoms with Crippen molar-refractivity contribution in [2.45, 2.75) is 56.1 Å². The molecule has 13 heteroatoms. The van der Waals surface area contributed by atoms with Crippen LogP contribution in [-0.4, -0.2) is 105 Å². The SMILES string of the molecule is CO[C@@H]1OC(C(=O)O)=C(O[C@@H]2O[C@H](CO)[C@H](O)[C@H](O)[C@H]2NC(C)=O)[C@H](O)[C@H]1O. The van der Waals surface area contributed by atoms with Crippen molar-refractivity contribution >= 4 is 11.9 Å². The summed E-state index contributed by atoms with van der Waals surface area (Å²) in [6.07, 6.45) is -11.4. The molecule has 2 rings (SSSR count). The lowest BCUT2D eigenvalue weighted by Crippen LogP contribution is -2.65. The van der Waals surface area contributed by atoms with Gasteiger partial charge in [-0.2, -0.15) is 0 Å². The van der Waals surface area contributed by atoms with Gasteiger partial charge in [0.15, 0.2) is 5.76 Å². The van der Waals surface area contributed by atoms with Gasteiger partial charge in [0.25, 0.3) is 0 Å². The van der Waals surface area contributed by atoms with Gasteiger partial charge in [-0.05, 0) is 0 Å². The summed E-state index contributed by atoms with van der Waals surface area (Å²) in [7, 11) is 1.12. The molecular weight excluding hydrogens is 386 g/mol. The lowest BCUT2D eigenvalue weighted by Gasteiger charge is -2.43. The predicted molar refractivity (Wildman–Crippen MR) is 85.0 cm³/mol. The fourth-order valence-corrected chi connectivity index (χ4v) is 2.84. The topological polar surface area (TPSA) is 204 Å². The summed E-state index contributed by atoms with van der Waals surface area (Å²) in [5.41, 5.74) is 0. The highest BCUT2D eigenvalue weighted by Gasteiger charge is 2.49. The number of aliphatic carboxylic acids is 1. The maximum absolute atomic E-state index is 11.5. The molecule has 2 aliphatic rings. The van der Waals surface area contributed by atoms with Crippen molar-refractivity contribution in [1.29, 1.82) is 0 Å². The number of nitrogens with one attached hydrogen (secondary N) is 1. The van der Waals surface area contributed by atoms with E-state index in [2.05, 4.69) is 5.32 Å². The summed E-state index contributed by atoms with van der Waals surface area (Å²) in [6, 6.07) is -1.40. The molecule has 13 nitrogen and oxygen atoms in total. The van der Waals surface area contributed by atoms with Gasteiger partial charge < -0.3 is 54.9 Å². The molecule has 0 aliphatic carbocycles. The first-order valence-electron chi connectivity index (χ1n) is 8.21. The maximum Gasteiger partial charge on any atom is 0.375 e. The van der Waals surface area contributed by atoms with Gasteiger partial charge >= 0.3 is 5.97 Å². The Morgan fingerprint density at radius 1 is 1.11 bits per heavy atom. The average molecular weight is 409 g/mol. The van der Waals surface area contributed by atoms with Crippen LogP contribution in [0.2, 0.25) is 0 Å². The minimum absolute atomic E-state index is 0.636. The third-order valence-corrected chi connectivity index (χ3v) is 4.25. The zero-order valence-corrected chi connectivity index (χ0v) is 15.0. The summed E-state index contributed by atoms with van der Waals surface area (Å²) in [5.74, 6) is -3.94. The normalized spacial score (nSPS) is 38.5. The number of carboxylic acids is 1. The number of ether oxygens (including phenoxy) is 4. The highest BCUT2D eigenvalue weighted by Crippen LogP contribution is 2.31. The molecule has 0 saturated carbocycles.